The minimum Gasteiger partial charge on any atom is -0.394 e. The van der Waals surface area contributed by atoms with E-state index in [1.165, 1.54) is 0 Å². The van der Waals surface area contributed by atoms with Crippen molar-refractivity contribution in [3.8, 4) is 0 Å². The van der Waals surface area contributed by atoms with Crippen LogP contribution in [0.25, 0.3) is 0 Å². The van der Waals surface area contributed by atoms with Crippen LogP contribution in [0.3, 0.4) is 0 Å². The van der Waals surface area contributed by atoms with Gasteiger partial charge in [-0.15, -0.1) is 0 Å². The van der Waals surface area contributed by atoms with E-state index in [2.05, 4.69) is 20.7 Å². The highest BCUT2D eigenvalue weighted by Crippen LogP contribution is 2.33. The molecule has 0 unspecified atom stereocenters. The van der Waals surface area contributed by atoms with Crippen molar-refractivity contribution in [2.45, 2.75) is 37.6 Å². The molecule has 2 rings (SSSR count). The molecule has 0 radical (unpaired) electrons. The molecule has 1 atom stereocenters. The number of halogens is 1. The van der Waals surface area contributed by atoms with E-state index in [0.717, 1.165) is 23.9 Å². The summed E-state index contributed by atoms with van der Waals surface area (Å²) in [5.74, 6) is 0.241. The maximum atomic E-state index is 12.6. The molecule has 1 aliphatic heterocycles. The molecule has 1 aromatic carbocycles. The average molecular weight is 391 g/mol. The molecule has 1 aromatic rings. The second-order valence-corrected chi connectivity index (χ2v) is 8.68. The Labute approximate surface area is 140 Å². The van der Waals surface area contributed by atoms with E-state index in [-0.39, 0.29) is 23.5 Å². The van der Waals surface area contributed by atoms with Crippen LogP contribution >= 0.6 is 15.9 Å². The van der Waals surface area contributed by atoms with Gasteiger partial charge in [0.25, 0.3) is 0 Å². The van der Waals surface area contributed by atoms with Crippen molar-refractivity contribution in [1.29, 1.82) is 0 Å². The summed E-state index contributed by atoms with van der Waals surface area (Å²) in [5.41, 5.74) is 0.655. The van der Waals surface area contributed by atoms with E-state index in [1.54, 1.807) is 12.1 Å². The van der Waals surface area contributed by atoms with Crippen LogP contribution in [0.4, 0.5) is 5.69 Å². The molecule has 0 aromatic heterocycles. The summed E-state index contributed by atoms with van der Waals surface area (Å²) >= 11 is 3.41. The Bertz CT molecular complexity index is 619. The Morgan fingerprint density at radius 3 is 2.82 bits per heavy atom. The fraction of sp³-hybridized carbons (Fsp3) is 0.600. The summed E-state index contributed by atoms with van der Waals surface area (Å²) in [5, 5.41) is 9.52. The number of aliphatic hydroxyl groups is 1. The lowest BCUT2D eigenvalue weighted by atomic mass is 10.2. The molecule has 2 N–H and O–H groups in total. The lowest BCUT2D eigenvalue weighted by Crippen LogP contribution is -2.35. The fourth-order valence-corrected chi connectivity index (χ4v) is 4.39. The molecular formula is C15H23BrN2O3S. The SMILES string of the molecule is CC(C)CNS(=O)(=O)c1ccc(Br)cc1N1CCC[C@@H]1CO. The van der Waals surface area contributed by atoms with Crippen molar-refractivity contribution in [3.05, 3.63) is 22.7 Å². The smallest absolute Gasteiger partial charge is 0.242 e. The minimum atomic E-state index is -3.57. The van der Waals surface area contributed by atoms with Crippen LogP contribution in [-0.2, 0) is 10.0 Å². The van der Waals surface area contributed by atoms with Gasteiger partial charge in [0.15, 0.2) is 0 Å². The van der Waals surface area contributed by atoms with Gasteiger partial charge in [-0.2, -0.15) is 0 Å². The zero-order valence-corrected chi connectivity index (χ0v) is 15.3. The first-order valence-corrected chi connectivity index (χ1v) is 9.79. The molecule has 1 fully saturated rings. The van der Waals surface area contributed by atoms with E-state index >= 15 is 0 Å². The Kier molecular flexibility index (Phi) is 5.87. The standard InChI is InChI=1S/C15H23BrN2O3S/c1-11(2)9-17-22(20,21)15-6-5-12(16)8-14(15)18-7-3-4-13(18)10-19/h5-6,8,11,13,17,19H,3-4,7,9-10H2,1-2H3/t13-/m1/s1. The van der Waals surface area contributed by atoms with E-state index in [9.17, 15) is 13.5 Å². The summed E-state index contributed by atoms with van der Waals surface area (Å²) in [6, 6.07) is 5.15. The predicted octanol–water partition coefficient (Wildman–Crippen LogP) is 2.34. The van der Waals surface area contributed by atoms with Gasteiger partial charge in [0.05, 0.1) is 18.3 Å². The van der Waals surface area contributed by atoms with E-state index in [0.29, 0.717) is 12.2 Å². The first-order chi connectivity index (χ1) is 10.3. The van der Waals surface area contributed by atoms with E-state index in [4.69, 9.17) is 0 Å². The van der Waals surface area contributed by atoms with E-state index in [1.807, 2.05) is 24.8 Å². The summed E-state index contributed by atoms with van der Waals surface area (Å²) in [7, 11) is -3.57. The van der Waals surface area contributed by atoms with Crippen LogP contribution in [0.15, 0.2) is 27.6 Å². The van der Waals surface area contributed by atoms with Crippen LogP contribution in [0.1, 0.15) is 26.7 Å². The summed E-state index contributed by atoms with van der Waals surface area (Å²) in [6.07, 6.45) is 1.83. The molecule has 22 heavy (non-hydrogen) atoms. The topological polar surface area (TPSA) is 69.6 Å². The fourth-order valence-electron chi connectivity index (χ4n) is 2.64. The molecule has 0 saturated carbocycles. The van der Waals surface area contributed by atoms with Gasteiger partial charge in [-0.3, -0.25) is 0 Å². The van der Waals surface area contributed by atoms with Gasteiger partial charge < -0.3 is 10.0 Å². The Hall–Kier alpha value is -0.630. The second kappa shape index (κ2) is 7.29. The van der Waals surface area contributed by atoms with Crippen LogP contribution in [0, 0.1) is 5.92 Å². The zero-order valence-electron chi connectivity index (χ0n) is 12.9. The Morgan fingerprint density at radius 1 is 1.45 bits per heavy atom. The second-order valence-electron chi connectivity index (χ2n) is 6.03. The third-order valence-electron chi connectivity index (χ3n) is 3.79. The quantitative estimate of drug-likeness (QED) is 0.781. The number of rotatable bonds is 6. The van der Waals surface area contributed by atoms with Crippen LogP contribution < -0.4 is 9.62 Å². The molecule has 1 aliphatic rings. The molecule has 0 spiro atoms. The molecule has 1 saturated heterocycles. The maximum absolute atomic E-state index is 12.6. The first-order valence-electron chi connectivity index (χ1n) is 7.52. The highest BCUT2D eigenvalue weighted by molar-refractivity contribution is 9.10. The lowest BCUT2D eigenvalue weighted by Gasteiger charge is -2.27. The number of benzene rings is 1. The molecule has 0 aliphatic carbocycles. The van der Waals surface area contributed by atoms with Crippen LogP contribution in [-0.4, -0.2) is 39.3 Å². The minimum absolute atomic E-state index is 0.0200. The van der Waals surface area contributed by atoms with Crippen molar-refractivity contribution < 1.29 is 13.5 Å². The third kappa shape index (κ3) is 4.01. The van der Waals surface area contributed by atoms with Crippen molar-refractivity contribution in [3.63, 3.8) is 0 Å². The summed E-state index contributed by atoms with van der Waals surface area (Å²) in [6.45, 7) is 5.13. The van der Waals surface area contributed by atoms with Crippen molar-refractivity contribution in [1.82, 2.24) is 4.72 Å². The van der Waals surface area contributed by atoms with Crippen LogP contribution in [0.2, 0.25) is 0 Å². The lowest BCUT2D eigenvalue weighted by molar-refractivity contribution is 0.266. The monoisotopic (exact) mass is 390 g/mol. The van der Waals surface area contributed by atoms with Gasteiger partial charge in [-0.1, -0.05) is 29.8 Å². The number of hydrogen-bond donors (Lipinski definition) is 2. The van der Waals surface area contributed by atoms with Gasteiger partial charge in [-0.25, -0.2) is 13.1 Å². The number of nitrogens with one attached hydrogen (secondary N) is 1. The molecule has 7 heteroatoms. The Balaban J connectivity index is 2.40. The normalized spacial score (nSPS) is 19.1. The highest BCUT2D eigenvalue weighted by atomic mass is 79.9. The van der Waals surface area contributed by atoms with Crippen LogP contribution in [0.5, 0.6) is 0 Å². The largest absolute Gasteiger partial charge is 0.394 e. The maximum Gasteiger partial charge on any atom is 0.242 e. The number of anilines is 1. The predicted molar refractivity (Wildman–Crippen MR) is 91.6 cm³/mol. The third-order valence-corrected chi connectivity index (χ3v) is 5.75. The molecule has 5 nitrogen and oxygen atoms in total. The molecular weight excluding hydrogens is 368 g/mol. The molecule has 124 valence electrons. The van der Waals surface area contributed by atoms with Crippen molar-refractivity contribution >= 4 is 31.6 Å². The van der Waals surface area contributed by atoms with Gasteiger partial charge >= 0.3 is 0 Å². The highest BCUT2D eigenvalue weighted by Gasteiger charge is 2.29. The average Bonchev–Trinajstić information content (AvgIpc) is 2.93. The number of aliphatic hydroxyl groups excluding tert-OH is 1. The molecule has 0 bridgehead atoms. The molecule has 1 heterocycles. The Morgan fingerprint density at radius 2 is 2.18 bits per heavy atom. The molecule has 0 amide bonds. The van der Waals surface area contributed by atoms with Gasteiger partial charge in [0.1, 0.15) is 4.90 Å². The van der Waals surface area contributed by atoms with Crippen molar-refractivity contribution in [2.24, 2.45) is 5.92 Å². The van der Waals surface area contributed by atoms with Gasteiger partial charge in [0.2, 0.25) is 10.0 Å². The number of nitrogens with zero attached hydrogens (tertiary/aromatic N) is 1. The summed E-state index contributed by atoms with van der Waals surface area (Å²) in [4.78, 5) is 2.27. The van der Waals surface area contributed by atoms with Crippen molar-refractivity contribution in [2.75, 3.05) is 24.6 Å². The number of hydrogen-bond acceptors (Lipinski definition) is 4. The van der Waals surface area contributed by atoms with Gasteiger partial charge in [0, 0.05) is 17.6 Å². The van der Waals surface area contributed by atoms with E-state index < -0.39 is 10.0 Å². The number of sulfonamides is 1. The summed E-state index contributed by atoms with van der Waals surface area (Å²) < 4.78 is 28.7. The zero-order chi connectivity index (χ0) is 16.3. The van der Waals surface area contributed by atoms with Gasteiger partial charge in [-0.05, 0) is 37.0 Å². The first kappa shape index (κ1) is 17.7.